The molecule has 0 aromatic carbocycles. The molecule has 0 bridgehead atoms. The highest BCUT2D eigenvalue weighted by molar-refractivity contribution is 6.77. The lowest BCUT2D eigenvalue weighted by Gasteiger charge is -1.82. The number of carbonyl (C=O) groups is 1. The zero-order valence-corrected chi connectivity index (χ0v) is 5.78. The van der Waals surface area contributed by atoms with E-state index < -0.39 is 12.1 Å². The number of carbonyl (C=O) groups excluding carboxylic acids is 1. The van der Waals surface area contributed by atoms with Crippen molar-refractivity contribution in [2.24, 2.45) is 5.16 Å². The monoisotopic (exact) mass is 175 g/mol. The summed E-state index contributed by atoms with van der Waals surface area (Å²) in [5, 5.41) is 2.01. The van der Waals surface area contributed by atoms with Gasteiger partial charge in [0, 0.05) is 0 Å². The molecule has 3 nitrogen and oxygen atoms in total. The van der Waals surface area contributed by atoms with Crippen LogP contribution in [0.4, 0.5) is 4.39 Å². The average molecular weight is 176 g/mol. The van der Waals surface area contributed by atoms with Crippen LogP contribution < -0.4 is 0 Å². The van der Waals surface area contributed by atoms with Crippen LogP contribution in [0.25, 0.3) is 0 Å². The molecular weight excluding hydrogens is 172 g/mol. The van der Waals surface area contributed by atoms with E-state index in [2.05, 4.69) is 9.99 Å². The van der Waals surface area contributed by atoms with Crippen molar-refractivity contribution in [2.45, 2.75) is 0 Å². The number of hydrogen-bond donors (Lipinski definition) is 0. The standard InChI is InChI=1S/C3H3ClFNO2.ClH/c4-3(7)1-6-8-2-5;/h1H,2H2;1H/b6-1-;. The first kappa shape index (κ1) is 11.4. The van der Waals surface area contributed by atoms with Crippen molar-refractivity contribution >= 4 is 35.5 Å². The van der Waals surface area contributed by atoms with Crippen LogP contribution in [0.5, 0.6) is 0 Å². The van der Waals surface area contributed by atoms with Crippen molar-refractivity contribution in [3.8, 4) is 0 Å². The van der Waals surface area contributed by atoms with Gasteiger partial charge in [-0.05, 0) is 11.6 Å². The molecule has 9 heavy (non-hydrogen) atoms. The van der Waals surface area contributed by atoms with Gasteiger partial charge in [0.2, 0.25) is 0 Å². The van der Waals surface area contributed by atoms with E-state index in [4.69, 9.17) is 11.6 Å². The van der Waals surface area contributed by atoms with Crippen LogP contribution in [0.2, 0.25) is 0 Å². The van der Waals surface area contributed by atoms with Gasteiger partial charge in [-0.1, -0.05) is 5.16 Å². The first-order valence-electron chi connectivity index (χ1n) is 1.68. The lowest BCUT2D eigenvalue weighted by atomic mass is 10.9. The number of alkyl halides is 1. The number of halogens is 3. The zero-order valence-electron chi connectivity index (χ0n) is 4.21. The van der Waals surface area contributed by atoms with E-state index in [0.717, 1.165) is 0 Å². The molecule has 0 radical (unpaired) electrons. The second-order valence-electron chi connectivity index (χ2n) is 0.777. The molecule has 0 saturated carbocycles. The van der Waals surface area contributed by atoms with Crippen molar-refractivity contribution < 1.29 is 14.0 Å². The second-order valence-corrected chi connectivity index (χ2v) is 1.15. The predicted molar refractivity (Wildman–Crippen MR) is 33.7 cm³/mol. The topological polar surface area (TPSA) is 38.7 Å². The van der Waals surface area contributed by atoms with E-state index in [0.29, 0.717) is 6.21 Å². The van der Waals surface area contributed by atoms with E-state index in [-0.39, 0.29) is 12.4 Å². The summed E-state index contributed by atoms with van der Waals surface area (Å²) in [5.74, 6) is 0. The van der Waals surface area contributed by atoms with Crippen LogP contribution in [-0.2, 0) is 9.63 Å². The van der Waals surface area contributed by atoms with Gasteiger partial charge >= 0.3 is 0 Å². The zero-order chi connectivity index (χ0) is 6.41. The summed E-state index contributed by atoms with van der Waals surface area (Å²) < 4.78 is 11.0. The van der Waals surface area contributed by atoms with Gasteiger partial charge < -0.3 is 4.84 Å². The van der Waals surface area contributed by atoms with Crippen LogP contribution in [-0.4, -0.2) is 18.3 Å². The van der Waals surface area contributed by atoms with Crippen molar-refractivity contribution in [1.82, 2.24) is 0 Å². The number of hydrogen-bond acceptors (Lipinski definition) is 3. The summed E-state index contributed by atoms with van der Waals surface area (Å²) in [7, 11) is 0. The van der Waals surface area contributed by atoms with Gasteiger partial charge in [-0.2, -0.15) is 0 Å². The molecule has 0 aliphatic carbocycles. The second kappa shape index (κ2) is 7.65. The Morgan fingerprint density at radius 1 is 1.89 bits per heavy atom. The molecule has 0 N–H and O–H groups in total. The highest BCUT2D eigenvalue weighted by Crippen LogP contribution is 1.77. The maximum absolute atomic E-state index is 11.0. The first-order valence-corrected chi connectivity index (χ1v) is 2.06. The lowest BCUT2D eigenvalue weighted by molar-refractivity contribution is -0.106. The molecule has 0 rings (SSSR count). The molecule has 0 spiro atoms. The fourth-order valence-corrected chi connectivity index (χ4v) is 0.147. The molecule has 6 heteroatoms. The molecule has 0 aromatic rings. The third kappa shape index (κ3) is 11.3. The highest BCUT2D eigenvalue weighted by Gasteiger charge is 1.83. The highest BCUT2D eigenvalue weighted by atomic mass is 35.5. The van der Waals surface area contributed by atoms with Gasteiger partial charge in [-0.15, -0.1) is 12.4 Å². The largest absolute Gasteiger partial charge is 0.362 e. The first-order chi connectivity index (χ1) is 3.77. The Hall–Kier alpha value is -0.350. The number of nitrogens with zero attached hydrogens (tertiary/aromatic N) is 1. The third-order valence-corrected chi connectivity index (χ3v) is 0.375. The normalized spacial score (nSPS) is 8.67. The third-order valence-electron chi connectivity index (χ3n) is 0.278. The summed E-state index contributed by atoms with van der Waals surface area (Å²) in [6.07, 6.45) is 0.668. The van der Waals surface area contributed by atoms with Crippen LogP contribution in [0, 0.1) is 0 Å². The summed E-state index contributed by atoms with van der Waals surface area (Å²) in [5.41, 5.74) is 0. The summed E-state index contributed by atoms with van der Waals surface area (Å²) in [6.45, 7) is -1.05. The fourth-order valence-electron chi connectivity index (χ4n) is 0.107. The minimum atomic E-state index is -1.05. The van der Waals surface area contributed by atoms with Crippen LogP contribution in [0.15, 0.2) is 5.16 Å². The Morgan fingerprint density at radius 3 is 2.78 bits per heavy atom. The molecule has 0 aliphatic rings. The molecule has 54 valence electrons. The summed E-state index contributed by atoms with van der Waals surface area (Å²) >= 11 is 4.72. The Bertz CT molecular complexity index is 108. The van der Waals surface area contributed by atoms with Gasteiger partial charge in [0.15, 0.2) is 0 Å². The van der Waals surface area contributed by atoms with Crippen LogP contribution in [0.3, 0.4) is 0 Å². The summed E-state index contributed by atoms with van der Waals surface area (Å²) in [4.78, 5) is 13.5. The van der Waals surface area contributed by atoms with Crippen LogP contribution in [0.1, 0.15) is 0 Å². The Balaban J connectivity index is 0. The van der Waals surface area contributed by atoms with Crippen molar-refractivity contribution in [2.75, 3.05) is 6.86 Å². The van der Waals surface area contributed by atoms with E-state index in [1.165, 1.54) is 0 Å². The fraction of sp³-hybridized carbons (Fsp3) is 0.333. The molecule has 0 atom stereocenters. The predicted octanol–water partition coefficient (Wildman–Crippen LogP) is 1.10. The molecule has 0 amide bonds. The quantitative estimate of drug-likeness (QED) is 0.367. The molecule has 0 fully saturated rings. The summed E-state index contributed by atoms with van der Waals surface area (Å²) in [6, 6.07) is 0. The Morgan fingerprint density at radius 2 is 2.44 bits per heavy atom. The van der Waals surface area contributed by atoms with Gasteiger partial charge in [0.25, 0.3) is 12.1 Å². The van der Waals surface area contributed by atoms with Gasteiger partial charge in [0.1, 0.15) is 6.21 Å². The van der Waals surface area contributed by atoms with Gasteiger partial charge in [-0.25, -0.2) is 4.39 Å². The van der Waals surface area contributed by atoms with Crippen molar-refractivity contribution in [3.05, 3.63) is 0 Å². The molecule has 0 aliphatic heterocycles. The Labute approximate surface area is 62.2 Å². The molecular formula is C3H4Cl2FNO2. The molecule has 0 heterocycles. The molecule has 0 unspecified atom stereocenters. The molecule has 0 aromatic heterocycles. The molecule has 0 saturated heterocycles. The SMILES string of the molecule is Cl.O=C(Cl)/C=N\OCF. The van der Waals surface area contributed by atoms with E-state index >= 15 is 0 Å². The Kier molecular flexibility index (Phi) is 9.73. The smallest absolute Gasteiger partial charge is 0.266 e. The van der Waals surface area contributed by atoms with E-state index in [9.17, 15) is 9.18 Å². The van der Waals surface area contributed by atoms with Crippen LogP contribution >= 0.6 is 24.0 Å². The number of oxime groups is 1. The maximum atomic E-state index is 11.0. The maximum Gasteiger partial charge on any atom is 0.266 e. The van der Waals surface area contributed by atoms with Crippen molar-refractivity contribution in [3.63, 3.8) is 0 Å². The van der Waals surface area contributed by atoms with Gasteiger partial charge in [0.05, 0.1) is 0 Å². The van der Waals surface area contributed by atoms with Gasteiger partial charge in [-0.3, -0.25) is 4.79 Å². The van der Waals surface area contributed by atoms with Crippen molar-refractivity contribution in [1.29, 1.82) is 0 Å². The minimum Gasteiger partial charge on any atom is -0.362 e. The average Bonchev–Trinajstić information content (AvgIpc) is 1.66. The minimum absolute atomic E-state index is 0. The lowest BCUT2D eigenvalue weighted by Crippen LogP contribution is -1.87. The number of rotatable bonds is 3. The van der Waals surface area contributed by atoms with E-state index in [1.54, 1.807) is 0 Å². The van der Waals surface area contributed by atoms with E-state index in [1.807, 2.05) is 0 Å².